The second-order valence-corrected chi connectivity index (χ2v) is 8.90. The molecule has 2 rings (SSSR count). The van der Waals surface area contributed by atoms with Gasteiger partial charge >= 0.3 is 6.09 Å². The first-order chi connectivity index (χ1) is 13.0. The highest BCUT2D eigenvalue weighted by Crippen LogP contribution is 2.39. The van der Waals surface area contributed by atoms with Gasteiger partial charge < -0.3 is 14.6 Å². The number of halogens is 1. The Bertz CT molecular complexity index is 980. The highest BCUT2D eigenvalue weighted by Gasteiger charge is 2.40. The molecule has 1 aliphatic rings. The normalized spacial score (nSPS) is 17.1. The van der Waals surface area contributed by atoms with Crippen molar-refractivity contribution < 1.29 is 27.8 Å². The van der Waals surface area contributed by atoms with Gasteiger partial charge in [0.1, 0.15) is 10.9 Å². The Morgan fingerprint density at radius 2 is 1.79 bits per heavy atom. The Morgan fingerprint density at radius 1 is 1.18 bits per heavy atom. The zero-order valence-electron chi connectivity index (χ0n) is 16.2. The van der Waals surface area contributed by atoms with Gasteiger partial charge in [0.2, 0.25) is 10.3 Å². The van der Waals surface area contributed by atoms with E-state index < -0.39 is 27.8 Å². The maximum atomic E-state index is 12.2. The largest absolute Gasteiger partial charge is 0.493 e. The van der Waals surface area contributed by atoms with E-state index in [0.29, 0.717) is 15.7 Å². The molecule has 1 amide bonds. The third-order valence-electron chi connectivity index (χ3n) is 4.23. The number of hydrogen-bond donors (Lipinski definition) is 1. The lowest BCUT2D eigenvalue weighted by Crippen LogP contribution is -2.47. The first-order valence-electron chi connectivity index (χ1n) is 8.32. The molecule has 0 fully saturated rings. The molecule has 0 saturated heterocycles. The predicted octanol–water partition coefficient (Wildman–Crippen LogP) is 3.84. The van der Waals surface area contributed by atoms with Gasteiger partial charge in [-0.05, 0) is 29.7 Å². The number of carboxylic acid groups (broad SMARTS) is 1. The molecule has 0 bridgehead atoms. The van der Waals surface area contributed by atoms with Crippen LogP contribution in [0.4, 0.5) is 10.5 Å². The van der Waals surface area contributed by atoms with Gasteiger partial charge in [-0.3, -0.25) is 4.90 Å². The van der Waals surface area contributed by atoms with E-state index in [4.69, 9.17) is 9.47 Å². The summed E-state index contributed by atoms with van der Waals surface area (Å²) >= 11 is 3.32. The lowest BCUT2D eigenvalue weighted by Gasteiger charge is -2.35. The number of amides is 1. The van der Waals surface area contributed by atoms with Crippen LogP contribution in [-0.4, -0.2) is 44.7 Å². The number of ether oxygens (including phenoxy) is 2. The molecule has 7 nitrogen and oxygen atoms in total. The Morgan fingerprint density at radius 3 is 2.21 bits per heavy atom. The van der Waals surface area contributed by atoms with E-state index in [2.05, 4.69) is 15.9 Å². The maximum absolute atomic E-state index is 12.2. The zero-order valence-corrected chi connectivity index (χ0v) is 18.6. The molecule has 1 aromatic rings. The topological polar surface area (TPSA) is 93.1 Å². The van der Waals surface area contributed by atoms with Gasteiger partial charge in [0.15, 0.2) is 11.5 Å². The first-order valence-corrected chi connectivity index (χ1v) is 10.2. The van der Waals surface area contributed by atoms with E-state index in [0.717, 1.165) is 4.90 Å². The third kappa shape index (κ3) is 4.25. The molecular weight excluding hydrogens is 450 g/mol. The van der Waals surface area contributed by atoms with Crippen LogP contribution in [0.1, 0.15) is 20.8 Å². The Labute approximate surface area is 173 Å². The van der Waals surface area contributed by atoms with E-state index in [1.165, 1.54) is 14.2 Å². The van der Waals surface area contributed by atoms with Crippen LogP contribution in [0.25, 0.3) is 0 Å². The average Bonchev–Trinajstić information content (AvgIpc) is 2.59. The lowest BCUT2D eigenvalue weighted by atomic mass is 9.80. The Balaban J connectivity index is 2.85. The van der Waals surface area contributed by atoms with Crippen molar-refractivity contribution in [3.63, 3.8) is 0 Å². The number of benzene rings is 1. The number of hydrogen-bond acceptors (Lipinski definition) is 5. The van der Waals surface area contributed by atoms with E-state index in [9.17, 15) is 18.3 Å². The molecule has 1 N–H and O–H groups in total. The third-order valence-corrected chi connectivity index (χ3v) is 5.51. The molecule has 0 heterocycles. The van der Waals surface area contributed by atoms with Crippen LogP contribution in [0.3, 0.4) is 0 Å². The van der Waals surface area contributed by atoms with E-state index in [1.807, 2.05) is 20.8 Å². The summed E-state index contributed by atoms with van der Waals surface area (Å²) in [6.45, 7) is 5.77. The molecule has 0 aliphatic heterocycles. The molecule has 0 aromatic heterocycles. The molecule has 152 valence electrons. The molecule has 1 atom stereocenters. The number of allylic oxidation sites excluding steroid dienone is 1. The van der Waals surface area contributed by atoms with Crippen molar-refractivity contribution >= 4 is 42.9 Å². The summed E-state index contributed by atoms with van der Waals surface area (Å²) in [5.74, 6) is 0.263. The van der Waals surface area contributed by atoms with Crippen LogP contribution < -0.4 is 4.90 Å². The van der Waals surface area contributed by atoms with Crippen molar-refractivity contribution in [1.29, 1.82) is 0 Å². The van der Waals surface area contributed by atoms with Crippen LogP contribution in [0, 0.1) is 5.41 Å². The fourth-order valence-electron chi connectivity index (χ4n) is 3.05. The molecule has 1 aromatic carbocycles. The summed E-state index contributed by atoms with van der Waals surface area (Å²) in [4.78, 5) is 12.9. The van der Waals surface area contributed by atoms with Gasteiger partial charge in [-0.15, -0.1) is 0 Å². The predicted molar refractivity (Wildman–Crippen MR) is 111 cm³/mol. The minimum atomic E-state index is -2.75. The number of rotatable bonds is 4. The van der Waals surface area contributed by atoms with Crippen LogP contribution in [-0.2, 0) is 19.8 Å². The summed E-state index contributed by atoms with van der Waals surface area (Å²) < 4.78 is 35.7. The van der Waals surface area contributed by atoms with Crippen LogP contribution in [0.2, 0.25) is 0 Å². The van der Waals surface area contributed by atoms with Crippen molar-refractivity contribution in [1.82, 2.24) is 0 Å². The average molecular weight is 472 g/mol. The summed E-state index contributed by atoms with van der Waals surface area (Å²) in [7, 11) is -0.00282. The first kappa shape index (κ1) is 22.0. The van der Waals surface area contributed by atoms with Gasteiger partial charge in [0.25, 0.3) is 0 Å². The molecule has 28 heavy (non-hydrogen) atoms. The highest BCUT2D eigenvalue weighted by atomic mass is 79.9. The second kappa shape index (κ2) is 8.40. The van der Waals surface area contributed by atoms with Crippen molar-refractivity contribution in [3.8, 4) is 0 Å². The van der Waals surface area contributed by atoms with E-state index in [-0.39, 0.29) is 16.4 Å². The monoisotopic (exact) mass is 471 g/mol. The summed E-state index contributed by atoms with van der Waals surface area (Å²) in [6, 6.07) is 5.51. The van der Waals surface area contributed by atoms with Crippen LogP contribution in [0.15, 0.2) is 51.9 Å². The van der Waals surface area contributed by atoms with Crippen LogP contribution in [0.5, 0.6) is 0 Å². The van der Waals surface area contributed by atoms with Crippen LogP contribution >= 0.6 is 15.9 Å². The second-order valence-electron chi connectivity index (χ2n) is 7.07. The fourth-order valence-corrected chi connectivity index (χ4v) is 4.13. The number of anilines is 1. The minimum absolute atomic E-state index is 0.00509. The molecule has 0 saturated carbocycles. The quantitative estimate of drug-likeness (QED) is 0.670. The Kier molecular flexibility index (Phi) is 6.61. The zero-order chi connectivity index (χ0) is 21.2. The Hall–Kier alpha value is -2.26. The van der Waals surface area contributed by atoms with Gasteiger partial charge in [0, 0.05) is 15.7 Å². The molecule has 1 unspecified atom stereocenters. The molecule has 9 heteroatoms. The fraction of sp³-hybridized carbons (Fsp3) is 0.368. The molecular formula is C19H22BrNO6S. The maximum Gasteiger partial charge on any atom is 0.412 e. The molecule has 0 radical (unpaired) electrons. The van der Waals surface area contributed by atoms with Crippen molar-refractivity contribution in [2.24, 2.45) is 5.41 Å². The summed E-state index contributed by atoms with van der Waals surface area (Å²) in [5, 5.41) is 9.92. The van der Waals surface area contributed by atoms with Gasteiger partial charge in [-0.25, -0.2) is 4.79 Å². The highest BCUT2D eigenvalue weighted by molar-refractivity contribution is 9.10. The standard InChI is InChI=1S/C19H22BrNO6S/c1-19(2,3)13-10-14(17(28(24)25)16(27-5)15(13)26-4)21(18(22)23)12-8-6-7-11(20)9-12/h6-10,14H,1-5H3,(H,22,23). The minimum Gasteiger partial charge on any atom is -0.493 e. The van der Waals surface area contributed by atoms with E-state index in [1.54, 1.807) is 30.3 Å². The SMILES string of the molecule is COC1=C(OC)C(=S(=O)=O)C(N(C(=O)O)c2cccc(Br)c2)C=C1C(C)(C)C. The lowest BCUT2D eigenvalue weighted by molar-refractivity contribution is 0.200. The summed E-state index contributed by atoms with van der Waals surface area (Å²) in [6.07, 6.45) is 0.300. The van der Waals surface area contributed by atoms with Gasteiger partial charge in [0.05, 0.1) is 14.2 Å². The molecule has 1 aliphatic carbocycles. The number of methoxy groups -OCH3 is 2. The van der Waals surface area contributed by atoms with Gasteiger partial charge in [-0.2, -0.15) is 8.42 Å². The van der Waals surface area contributed by atoms with Crippen molar-refractivity contribution in [3.05, 3.63) is 51.9 Å². The molecule has 0 spiro atoms. The van der Waals surface area contributed by atoms with Gasteiger partial charge in [-0.1, -0.05) is 42.8 Å². The number of nitrogens with zero attached hydrogens (tertiary/aromatic N) is 1. The smallest absolute Gasteiger partial charge is 0.412 e. The number of carbonyl (C=O) groups is 1. The summed E-state index contributed by atoms with van der Waals surface area (Å²) in [5.41, 5.74) is 0.507. The van der Waals surface area contributed by atoms with E-state index >= 15 is 0 Å². The van der Waals surface area contributed by atoms with Crippen molar-refractivity contribution in [2.45, 2.75) is 26.8 Å². The van der Waals surface area contributed by atoms with Crippen molar-refractivity contribution in [2.75, 3.05) is 19.1 Å².